The van der Waals surface area contributed by atoms with Gasteiger partial charge in [0.25, 0.3) is 10.1 Å². The van der Waals surface area contributed by atoms with Crippen LogP contribution in [0.5, 0.6) is 11.5 Å². The summed E-state index contributed by atoms with van der Waals surface area (Å²) in [5.74, 6) is 0.914. The summed E-state index contributed by atoms with van der Waals surface area (Å²) in [6.45, 7) is 0. The molecule has 3 N–H and O–H groups in total. The molecular formula is C18H17N3O5S. The molecule has 0 fully saturated rings. The van der Waals surface area contributed by atoms with Gasteiger partial charge in [-0.2, -0.15) is 13.5 Å². The molecule has 3 aromatic rings. The first-order chi connectivity index (χ1) is 12.8. The highest BCUT2D eigenvalue weighted by molar-refractivity contribution is 7.85. The summed E-state index contributed by atoms with van der Waals surface area (Å²) >= 11 is 0. The van der Waals surface area contributed by atoms with Crippen LogP contribution in [0.15, 0.2) is 63.7 Å². The van der Waals surface area contributed by atoms with E-state index in [-0.39, 0.29) is 4.90 Å². The number of nitrogens with two attached hydrogens (primary N) is 1. The van der Waals surface area contributed by atoms with Crippen molar-refractivity contribution >= 4 is 38.0 Å². The van der Waals surface area contributed by atoms with Crippen molar-refractivity contribution in [2.45, 2.75) is 4.90 Å². The van der Waals surface area contributed by atoms with E-state index in [1.54, 1.807) is 36.4 Å². The van der Waals surface area contributed by atoms with Gasteiger partial charge >= 0.3 is 0 Å². The Bertz CT molecular complexity index is 1140. The lowest BCUT2D eigenvalue weighted by molar-refractivity contribution is 0.406. The highest BCUT2D eigenvalue weighted by Gasteiger charge is 2.11. The smallest absolute Gasteiger partial charge is 0.294 e. The van der Waals surface area contributed by atoms with Gasteiger partial charge < -0.3 is 15.2 Å². The first-order valence-corrected chi connectivity index (χ1v) is 9.20. The van der Waals surface area contributed by atoms with Gasteiger partial charge in [-0.3, -0.25) is 4.55 Å². The molecule has 3 rings (SSSR count). The standard InChI is InChI=1S/C18H17N3O5S/c1-25-17-10-16(18(26-2)9-15(17)19)21-20-13-5-3-12-8-14(27(22,23)24)6-4-11(12)7-13/h3-10H,19H2,1-2H3,(H,22,23,24). The van der Waals surface area contributed by atoms with E-state index in [4.69, 9.17) is 19.8 Å². The van der Waals surface area contributed by atoms with E-state index >= 15 is 0 Å². The minimum Gasteiger partial charge on any atom is -0.495 e. The number of methoxy groups -OCH3 is 2. The molecule has 3 aromatic carbocycles. The van der Waals surface area contributed by atoms with Crippen LogP contribution in [0.25, 0.3) is 10.8 Å². The van der Waals surface area contributed by atoms with Gasteiger partial charge in [0.2, 0.25) is 0 Å². The van der Waals surface area contributed by atoms with Crippen LogP contribution in [0.2, 0.25) is 0 Å². The summed E-state index contributed by atoms with van der Waals surface area (Å²) in [7, 11) is -1.24. The molecule has 9 heteroatoms. The number of ether oxygens (including phenoxy) is 2. The largest absolute Gasteiger partial charge is 0.495 e. The molecule has 0 saturated carbocycles. The predicted octanol–water partition coefficient (Wildman–Crippen LogP) is 4.10. The van der Waals surface area contributed by atoms with Crippen LogP contribution < -0.4 is 15.2 Å². The average Bonchev–Trinajstić information content (AvgIpc) is 2.65. The molecule has 0 aliphatic heterocycles. The van der Waals surface area contributed by atoms with Gasteiger partial charge in [-0.15, -0.1) is 5.11 Å². The minimum atomic E-state index is -4.25. The summed E-state index contributed by atoms with van der Waals surface area (Å²) < 4.78 is 42.0. The van der Waals surface area contributed by atoms with Gasteiger partial charge in [-0.1, -0.05) is 12.1 Å². The molecule has 0 bridgehead atoms. The van der Waals surface area contributed by atoms with E-state index in [2.05, 4.69) is 10.2 Å². The molecule has 140 valence electrons. The summed E-state index contributed by atoms with van der Waals surface area (Å²) in [4.78, 5) is -0.164. The molecule has 27 heavy (non-hydrogen) atoms. The number of hydrogen-bond donors (Lipinski definition) is 2. The predicted molar refractivity (Wildman–Crippen MR) is 102 cm³/mol. The van der Waals surface area contributed by atoms with Crippen molar-refractivity contribution in [3.63, 3.8) is 0 Å². The maximum absolute atomic E-state index is 11.2. The second kappa shape index (κ2) is 7.22. The van der Waals surface area contributed by atoms with Crippen LogP contribution in [0, 0.1) is 0 Å². The van der Waals surface area contributed by atoms with Crippen LogP contribution in [0.1, 0.15) is 0 Å². The molecule has 8 nitrogen and oxygen atoms in total. The van der Waals surface area contributed by atoms with Crippen molar-refractivity contribution in [2.75, 3.05) is 20.0 Å². The van der Waals surface area contributed by atoms with Crippen LogP contribution in [-0.2, 0) is 10.1 Å². The van der Waals surface area contributed by atoms with E-state index in [1.807, 2.05) is 0 Å². The second-order valence-corrected chi connectivity index (χ2v) is 7.06. The molecule has 0 aliphatic carbocycles. The average molecular weight is 387 g/mol. The van der Waals surface area contributed by atoms with Gasteiger partial charge in [0, 0.05) is 12.1 Å². The number of rotatable bonds is 5. The lowest BCUT2D eigenvalue weighted by atomic mass is 10.1. The number of hydrogen-bond acceptors (Lipinski definition) is 7. The van der Waals surface area contributed by atoms with E-state index in [0.717, 1.165) is 5.39 Å². The number of azo groups is 1. The molecule has 0 saturated heterocycles. The Morgan fingerprint density at radius 2 is 1.56 bits per heavy atom. The van der Waals surface area contributed by atoms with E-state index in [9.17, 15) is 8.42 Å². The Balaban J connectivity index is 1.97. The first-order valence-electron chi connectivity index (χ1n) is 7.76. The van der Waals surface area contributed by atoms with Gasteiger partial charge in [-0.25, -0.2) is 0 Å². The Hall–Kier alpha value is -3.17. The summed E-state index contributed by atoms with van der Waals surface area (Å²) in [5, 5.41) is 9.78. The van der Waals surface area contributed by atoms with E-state index in [0.29, 0.717) is 33.9 Å². The van der Waals surface area contributed by atoms with E-state index < -0.39 is 10.1 Å². The molecule has 0 aliphatic rings. The third kappa shape index (κ3) is 3.99. The monoisotopic (exact) mass is 387 g/mol. The maximum atomic E-state index is 11.2. The quantitative estimate of drug-likeness (QED) is 0.386. The molecular weight excluding hydrogens is 370 g/mol. The van der Waals surface area contributed by atoms with Crippen LogP contribution in [0.3, 0.4) is 0 Å². The number of nitrogen functional groups attached to an aromatic ring is 1. The topological polar surface area (TPSA) is 124 Å². The zero-order chi connectivity index (χ0) is 19.6. The maximum Gasteiger partial charge on any atom is 0.294 e. The lowest BCUT2D eigenvalue weighted by Crippen LogP contribution is -1.97. The van der Waals surface area contributed by atoms with Crippen molar-refractivity contribution in [1.82, 2.24) is 0 Å². The van der Waals surface area contributed by atoms with Gasteiger partial charge in [-0.05, 0) is 35.0 Å². The Labute approximate surface area is 156 Å². The van der Waals surface area contributed by atoms with Crippen LogP contribution >= 0.6 is 0 Å². The van der Waals surface area contributed by atoms with Gasteiger partial charge in [0.1, 0.15) is 17.2 Å². The molecule has 0 atom stereocenters. The highest BCUT2D eigenvalue weighted by Crippen LogP contribution is 2.37. The highest BCUT2D eigenvalue weighted by atomic mass is 32.2. The van der Waals surface area contributed by atoms with Gasteiger partial charge in [0.05, 0.1) is 30.5 Å². The fraction of sp³-hybridized carbons (Fsp3) is 0.111. The number of fused-ring (bicyclic) bond motifs is 1. The van der Waals surface area contributed by atoms with Crippen LogP contribution in [-0.4, -0.2) is 27.2 Å². The Morgan fingerprint density at radius 1 is 0.889 bits per heavy atom. The first kappa shape index (κ1) is 18.6. The van der Waals surface area contributed by atoms with Crippen molar-refractivity contribution in [1.29, 1.82) is 0 Å². The number of nitrogens with zero attached hydrogens (tertiary/aromatic N) is 2. The third-order valence-corrected chi connectivity index (χ3v) is 4.75. The van der Waals surface area contributed by atoms with Crippen molar-refractivity contribution in [2.24, 2.45) is 10.2 Å². The molecule has 0 heterocycles. The van der Waals surface area contributed by atoms with Crippen molar-refractivity contribution in [3.05, 3.63) is 48.5 Å². The van der Waals surface area contributed by atoms with E-state index in [1.165, 1.54) is 26.4 Å². The molecule has 0 spiro atoms. The summed E-state index contributed by atoms with van der Waals surface area (Å²) in [6.07, 6.45) is 0. The fourth-order valence-electron chi connectivity index (χ4n) is 2.53. The summed E-state index contributed by atoms with van der Waals surface area (Å²) in [6, 6.07) is 12.6. The third-order valence-electron chi connectivity index (χ3n) is 3.90. The Kier molecular flexibility index (Phi) is 4.98. The van der Waals surface area contributed by atoms with Crippen molar-refractivity contribution < 1.29 is 22.4 Å². The number of anilines is 1. The second-order valence-electron chi connectivity index (χ2n) is 5.63. The zero-order valence-electron chi connectivity index (χ0n) is 14.6. The lowest BCUT2D eigenvalue weighted by Gasteiger charge is -2.09. The normalized spacial score (nSPS) is 11.8. The SMILES string of the molecule is COc1cc(N=Nc2ccc3cc(S(=O)(=O)O)ccc3c2)c(OC)cc1N. The Morgan fingerprint density at radius 3 is 2.22 bits per heavy atom. The van der Waals surface area contributed by atoms with Crippen LogP contribution in [0.4, 0.5) is 17.1 Å². The summed E-state index contributed by atoms with van der Waals surface area (Å²) in [5.41, 5.74) is 7.28. The molecule has 0 aromatic heterocycles. The number of benzene rings is 3. The molecule has 0 radical (unpaired) electrons. The molecule has 0 unspecified atom stereocenters. The molecule has 0 amide bonds. The fourth-order valence-corrected chi connectivity index (χ4v) is 3.04. The zero-order valence-corrected chi connectivity index (χ0v) is 15.4. The van der Waals surface area contributed by atoms with Gasteiger partial charge in [0.15, 0.2) is 0 Å². The minimum absolute atomic E-state index is 0.164. The van der Waals surface area contributed by atoms with Crippen molar-refractivity contribution in [3.8, 4) is 11.5 Å².